The van der Waals surface area contributed by atoms with Gasteiger partial charge in [-0.1, -0.05) is 50.2 Å². The largest absolute Gasteiger partial charge is 0.488 e. The highest BCUT2D eigenvalue weighted by Gasteiger charge is 2.18. The maximum absolute atomic E-state index is 13.7. The number of benzene rings is 2. The number of hydrogen-bond acceptors (Lipinski definition) is 3. The zero-order valence-corrected chi connectivity index (χ0v) is 14.5. The van der Waals surface area contributed by atoms with E-state index < -0.39 is 12.0 Å². The Morgan fingerprint density at radius 2 is 1.76 bits per heavy atom. The molecule has 4 nitrogen and oxygen atoms in total. The second-order valence-electron chi connectivity index (χ2n) is 6.39. The van der Waals surface area contributed by atoms with Gasteiger partial charge < -0.3 is 15.2 Å². The minimum Gasteiger partial charge on any atom is -0.488 e. The number of ether oxygens (including phenoxy) is 1. The maximum Gasteiger partial charge on any atom is 0.320 e. The number of aliphatic carboxylic acids is 1. The predicted octanol–water partition coefficient (Wildman–Crippen LogP) is 3.99. The summed E-state index contributed by atoms with van der Waals surface area (Å²) in [5.74, 6) is -0.271. The lowest BCUT2D eigenvalue weighted by Gasteiger charge is -2.18. The summed E-state index contributed by atoms with van der Waals surface area (Å²) in [6, 6.07) is 13.2. The molecule has 0 radical (unpaired) electrons. The highest BCUT2D eigenvalue weighted by molar-refractivity contribution is 5.73. The molecule has 0 aliphatic carbocycles. The van der Waals surface area contributed by atoms with Crippen LogP contribution in [0.3, 0.4) is 0 Å². The summed E-state index contributed by atoms with van der Waals surface area (Å²) in [7, 11) is 0. The molecule has 0 heterocycles. The van der Waals surface area contributed by atoms with Crippen molar-refractivity contribution in [3.63, 3.8) is 0 Å². The summed E-state index contributed by atoms with van der Waals surface area (Å²) in [5.41, 5.74) is 1.32. The molecule has 0 aliphatic rings. The van der Waals surface area contributed by atoms with Crippen LogP contribution in [0.5, 0.6) is 5.75 Å². The lowest BCUT2D eigenvalue weighted by Crippen LogP contribution is -2.37. The highest BCUT2D eigenvalue weighted by atomic mass is 19.1. The first-order chi connectivity index (χ1) is 12.0. The van der Waals surface area contributed by atoms with E-state index in [1.165, 1.54) is 6.07 Å². The Morgan fingerprint density at radius 3 is 2.40 bits per heavy atom. The number of para-hydroxylation sites is 1. The van der Waals surface area contributed by atoms with Crippen LogP contribution in [0.15, 0.2) is 48.5 Å². The van der Waals surface area contributed by atoms with Crippen LogP contribution in [0.2, 0.25) is 0 Å². The smallest absolute Gasteiger partial charge is 0.320 e. The molecule has 25 heavy (non-hydrogen) atoms. The molecule has 1 atom stereocenters. The molecule has 0 spiro atoms. The van der Waals surface area contributed by atoms with Crippen LogP contribution in [-0.4, -0.2) is 17.1 Å². The fraction of sp³-hybridized carbons (Fsp3) is 0.350. The molecule has 0 saturated carbocycles. The van der Waals surface area contributed by atoms with Crippen LogP contribution in [-0.2, 0) is 17.9 Å². The molecule has 0 amide bonds. The van der Waals surface area contributed by atoms with Crippen LogP contribution in [0.25, 0.3) is 0 Å². The number of carboxylic acids is 1. The highest BCUT2D eigenvalue weighted by Crippen LogP contribution is 2.20. The molecule has 2 N–H and O–H groups in total. The SMILES string of the molecule is CC(C)CC(NCc1ccccc1OCc1ccccc1F)C(=O)O. The number of halogens is 1. The fourth-order valence-electron chi connectivity index (χ4n) is 2.54. The summed E-state index contributed by atoms with van der Waals surface area (Å²) < 4.78 is 19.4. The quantitative estimate of drug-likeness (QED) is 0.721. The van der Waals surface area contributed by atoms with Gasteiger partial charge in [0.1, 0.15) is 24.2 Å². The van der Waals surface area contributed by atoms with Gasteiger partial charge in [-0.3, -0.25) is 4.79 Å². The van der Waals surface area contributed by atoms with Gasteiger partial charge in [0, 0.05) is 17.7 Å². The number of rotatable bonds is 9. The van der Waals surface area contributed by atoms with E-state index >= 15 is 0 Å². The van der Waals surface area contributed by atoms with Gasteiger partial charge in [0.05, 0.1) is 0 Å². The van der Waals surface area contributed by atoms with E-state index in [0.29, 0.717) is 24.3 Å². The van der Waals surface area contributed by atoms with Crippen LogP contribution in [0.1, 0.15) is 31.4 Å². The lowest BCUT2D eigenvalue weighted by atomic mass is 10.0. The Labute approximate surface area is 147 Å². The molecule has 0 bridgehead atoms. The number of carbonyl (C=O) groups is 1. The van der Waals surface area contributed by atoms with Crippen molar-refractivity contribution >= 4 is 5.97 Å². The normalized spacial score (nSPS) is 12.2. The summed E-state index contributed by atoms with van der Waals surface area (Å²) in [6.07, 6.45) is 0.549. The van der Waals surface area contributed by atoms with Gasteiger partial charge in [0.15, 0.2) is 0 Å². The van der Waals surface area contributed by atoms with Crippen LogP contribution in [0, 0.1) is 11.7 Å². The van der Waals surface area contributed by atoms with Crippen molar-refractivity contribution in [3.8, 4) is 5.75 Å². The van der Waals surface area contributed by atoms with Crippen molar-refractivity contribution in [2.75, 3.05) is 0 Å². The van der Waals surface area contributed by atoms with Crippen LogP contribution < -0.4 is 10.1 Å². The molecule has 2 aromatic carbocycles. The van der Waals surface area contributed by atoms with Gasteiger partial charge in [-0.05, 0) is 24.5 Å². The van der Waals surface area contributed by atoms with Gasteiger partial charge in [0.2, 0.25) is 0 Å². The standard InChI is InChI=1S/C20H24FNO3/c1-14(2)11-18(20(23)24)22-12-15-7-4-6-10-19(15)25-13-16-8-3-5-9-17(16)21/h3-10,14,18,22H,11-13H2,1-2H3,(H,23,24). The van der Waals surface area contributed by atoms with E-state index in [4.69, 9.17) is 4.74 Å². The van der Waals surface area contributed by atoms with Gasteiger partial charge in [-0.2, -0.15) is 0 Å². The third kappa shape index (κ3) is 5.87. The van der Waals surface area contributed by atoms with E-state index in [9.17, 15) is 14.3 Å². The lowest BCUT2D eigenvalue weighted by molar-refractivity contribution is -0.140. The van der Waals surface area contributed by atoms with Gasteiger partial charge in [-0.25, -0.2) is 4.39 Å². The zero-order valence-electron chi connectivity index (χ0n) is 14.5. The molecule has 5 heteroatoms. The first-order valence-electron chi connectivity index (χ1n) is 8.37. The molecule has 0 fully saturated rings. The molecular formula is C20H24FNO3. The second kappa shape index (κ2) is 9.18. The second-order valence-corrected chi connectivity index (χ2v) is 6.39. The van der Waals surface area contributed by atoms with Crippen molar-refractivity contribution < 1.29 is 19.0 Å². The van der Waals surface area contributed by atoms with E-state index in [1.54, 1.807) is 24.3 Å². The monoisotopic (exact) mass is 345 g/mol. The van der Waals surface area contributed by atoms with E-state index in [1.807, 2.05) is 32.0 Å². The van der Waals surface area contributed by atoms with Crippen molar-refractivity contribution in [1.29, 1.82) is 0 Å². The summed E-state index contributed by atoms with van der Waals surface area (Å²) >= 11 is 0. The van der Waals surface area contributed by atoms with Crippen LogP contribution >= 0.6 is 0 Å². The Morgan fingerprint density at radius 1 is 1.12 bits per heavy atom. The minimum atomic E-state index is -0.863. The molecule has 0 aromatic heterocycles. The van der Waals surface area contributed by atoms with Crippen molar-refractivity contribution in [1.82, 2.24) is 5.32 Å². The van der Waals surface area contributed by atoms with E-state index in [-0.39, 0.29) is 18.3 Å². The molecule has 134 valence electrons. The average molecular weight is 345 g/mol. The number of carboxylic acid groups (broad SMARTS) is 1. The average Bonchev–Trinajstić information content (AvgIpc) is 2.58. The summed E-state index contributed by atoms with van der Waals surface area (Å²) in [6.45, 7) is 4.47. The van der Waals surface area contributed by atoms with Crippen LogP contribution in [0.4, 0.5) is 4.39 Å². The Kier molecular flexibility index (Phi) is 6.95. The zero-order chi connectivity index (χ0) is 18.2. The number of hydrogen-bond donors (Lipinski definition) is 2. The Bertz CT molecular complexity index is 703. The first kappa shape index (κ1) is 18.9. The predicted molar refractivity (Wildman–Crippen MR) is 94.9 cm³/mol. The third-order valence-electron chi connectivity index (χ3n) is 3.86. The van der Waals surface area contributed by atoms with Crippen molar-refractivity contribution in [2.24, 2.45) is 5.92 Å². The van der Waals surface area contributed by atoms with E-state index in [2.05, 4.69) is 5.32 Å². The van der Waals surface area contributed by atoms with Gasteiger partial charge >= 0.3 is 5.97 Å². The van der Waals surface area contributed by atoms with Gasteiger partial charge in [0.25, 0.3) is 0 Å². The molecule has 2 aromatic rings. The third-order valence-corrected chi connectivity index (χ3v) is 3.86. The van der Waals surface area contributed by atoms with Crippen molar-refractivity contribution in [2.45, 2.75) is 39.5 Å². The number of nitrogens with one attached hydrogen (secondary N) is 1. The molecule has 2 rings (SSSR count). The Balaban J connectivity index is 2.02. The molecule has 0 aliphatic heterocycles. The van der Waals surface area contributed by atoms with Gasteiger partial charge in [-0.15, -0.1) is 0 Å². The summed E-state index contributed by atoms with van der Waals surface area (Å²) in [4.78, 5) is 11.4. The molecule has 0 saturated heterocycles. The van der Waals surface area contributed by atoms with Crippen molar-refractivity contribution in [3.05, 3.63) is 65.5 Å². The summed E-state index contributed by atoms with van der Waals surface area (Å²) in [5, 5.41) is 12.4. The fourth-order valence-corrected chi connectivity index (χ4v) is 2.54. The molecular weight excluding hydrogens is 321 g/mol. The van der Waals surface area contributed by atoms with E-state index in [0.717, 1.165) is 5.56 Å². The first-order valence-corrected chi connectivity index (χ1v) is 8.37. The minimum absolute atomic E-state index is 0.123. The topological polar surface area (TPSA) is 58.6 Å². The molecule has 1 unspecified atom stereocenters. The Hall–Kier alpha value is -2.40. The maximum atomic E-state index is 13.7.